The summed E-state index contributed by atoms with van der Waals surface area (Å²) in [4.78, 5) is 11.4. The molecule has 0 fully saturated rings. The van der Waals surface area contributed by atoms with Crippen LogP contribution >= 0.6 is 34.6 Å². The second kappa shape index (κ2) is 7.68. The molecule has 0 bridgehead atoms. The number of carbonyl (C=O) groups excluding carboxylic acids is 1. The van der Waals surface area contributed by atoms with E-state index in [0.29, 0.717) is 23.0 Å². The maximum Gasteiger partial charge on any atom is 0.407 e. The molecule has 9 heteroatoms. The Hall–Kier alpha value is -0.840. The van der Waals surface area contributed by atoms with Crippen LogP contribution in [0.2, 0.25) is 0 Å². The van der Waals surface area contributed by atoms with Gasteiger partial charge in [0.05, 0.1) is 29.1 Å². The van der Waals surface area contributed by atoms with Gasteiger partial charge in [-0.3, -0.25) is 0 Å². The first kappa shape index (κ1) is 16.2. The molecule has 1 heterocycles. The standard InChI is InChI=1S/C10H15IN4O3S/c1-10(2,3)17-9(16)12-4-5-19-8-7(6-13-11)14-18-15-8/h6H,4-5H2,1-3H3,(H,12,16). The molecule has 19 heavy (non-hydrogen) atoms. The molecular weight excluding hydrogens is 383 g/mol. The van der Waals surface area contributed by atoms with E-state index in [1.807, 2.05) is 43.6 Å². The molecule has 106 valence electrons. The third-order valence-electron chi connectivity index (χ3n) is 1.66. The Balaban J connectivity index is 2.27. The lowest BCUT2D eigenvalue weighted by molar-refractivity contribution is 0.0531. The summed E-state index contributed by atoms with van der Waals surface area (Å²) in [5.74, 6) is 0.634. The minimum absolute atomic E-state index is 0.430. The van der Waals surface area contributed by atoms with Crippen molar-refractivity contribution < 1.29 is 14.2 Å². The number of ether oxygens (including phenoxy) is 1. The number of thioether (sulfide) groups is 1. The van der Waals surface area contributed by atoms with Gasteiger partial charge in [0, 0.05) is 12.3 Å². The summed E-state index contributed by atoms with van der Waals surface area (Å²) < 4.78 is 13.5. The van der Waals surface area contributed by atoms with Crippen LogP contribution in [-0.2, 0) is 4.74 Å². The Morgan fingerprint density at radius 2 is 2.32 bits per heavy atom. The fraction of sp³-hybridized carbons (Fsp3) is 0.600. The lowest BCUT2D eigenvalue weighted by Crippen LogP contribution is -2.33. The van der Waals surface area contributed by atoms with Gasteiger partial charge in [0.1, 0.15) is 5.60 Å². The number of halogens is 1. The second-order valence-corrected chi connectivity index (χ2v) is 6.10. The van der Waals surface area contributed by atoms with E-state index >= 15 is 0 Å². The summed E-state index contributed by atoms with van der Waals surface area (Å²) in [5, 5.41) is 10.7. The van der Waals surface area contributed by atoms with Crippen molar-refractivity contribution in [1.82, 2.24) is 15.6 Å². The molecule has 1 aromatic heterocycles. The molecule has 0 unspecified atom stereocenters. The smallest absolute Gasteiger partial charge is 0.407 e. The van der Waals surface area contributed by atoms with Crippen LogP contribution in [0.3, 0.4) is 0 Å². The molecule has 0 aromatic carbocycles. The van der Waals surface area contributed by atoms with E-state index < -0.39 is 11.7 Å². The molecule has 7 nitrogen and oxygen atoms in total. The van der Waals surface area contributed by atoms with Gasteiger partial charge >= 0.3 is 6.09 Å². The van der Waals surface area contributed by atoms with Crippen molar-refractivity contribution in [3.05, 3.63) is 5.69 Å². The highest BCUT2D eigenvalue weighted by Crippen LogP contribution is 2.17. The average molecular weight is 398 g/mol. The summed E-state index contributed by atoms with van der Waals surface area (Å²) in [6, 6.07) is 0. The van der Waals surface area contributed by atoms with Crippen LogP contribution in [-0.4, -0.2) is 40.5 Å². The molecule has 0 saturated heterocycles. The van der Waals surface area contributed by atoms with Crippen molar-refractivity contribution in [1.29, 1.82) is 0 Å². The SMILES string of the molecule is CC(C)(C)OC(=O)NCCSc1nonc1C=NI. The lowest BCUT2D eigenvalue weighted by Gasteiger charge is -2.19. The van der Waals surface area contributed by atoms with E-state index in [9.17, 15) is 4.79 Å². The third kappa shape index (κ3) is 6.76. The fourth-order valence-electron chi connectivity index (χ4n) is 1.03. The number of aromatic nitrogens is 2. The van der Waals surface area contributed by atoms with Gasteiger partial charge in [0.25, 0.3) is 0 Å². The molecule has 0 aliphatic carbocycles. The van der Waals surface area contributed by atoms with Gasteiger partial charge in [-0.2, -0.15) is 0 Å². The van der Waals surface area contributed by atoms with Gasteiger partial charge in [-0.05, 0) is 31.1 Å². The Labute approximate surface area is 129 Å². The minimum atomic E-state index is -0.489. The Kier molecular flexibility index (Phi) is 6.55. The van der Waals surface area contributed by atoms with Crippen LogP contribution in [0.4, 0.5) is 4.79 Å². The second-order valence-electron chi connectivity index (χ2n) is 4.46. The summed E-state index contributed by atoms with van der Waals surface area (Å²) in [5.41, 5.74) is 0.0913. The lowest BCUT2D eigenvalue weighted by atomic mass is 10.2. The number of carbonyl (C=O) groups is 1. The quantitative estimate of drug-likeness (QED) is 0.355. The third-order valence-corrected chi connectivity index (χ3v) is 2.91. The number of alkyl carbamates (subject to hydrolysis) is 1. The molecule has 0 atom stereocenters. The Morgan fingerprint density at radius 3 is 2.95 bits per heavy atom. The maximum absolute atomic E-state index is 11.4. The van der Waals surface area contributed by atoms with E-state index in [4.69, 9.17) is 4.74 Å². The molecular formula is C10H15IN4O3S. The molecule has 0 spiro atoms. The van der Waals surface area contributed by atoms with Crippen LogP contribution in [0.1, 0.15) is 26.5 Å². The predicted molar refractivity (Wildman–Crippen MR) is 80.9 cm³/mol. The zero-order chi connectivity index (χ0) is 14.3. The molecule has 1 N–H and O–H groups in total. The highest BCUT2D eigenvalue weighted by Gasteiger charge is 2.15. The van der Waals surface area contributed by atoms with E-state index in [-0.39, 0.29) is 0 Å². The van der Waals surface area contributed by atoms with Crippen molar-refractivity contribution in [2.45, 2.75) is 31.4 Å². The van der Waals surface area contributed by atoms with Crippen molar-refractivity contribution in [3.8, 4) is 0 Å². The van der Waals surface area contributed by atoms with Crippen molar-refractivity contribution in [3.63, 3.8) is 0 Å². The normalized spacial score (nSPS) is 11.8. The molecule has 1 rings (SSSR count). The van der Waals surface area contributed by atoms with Gasteiger partial charge in [-0.25, -0.2) is 12.6 Å². The maximum atomic E-state index is 11.4. The van der Waals surface area contributed by atoms with E-state index in [0.717, 1.165) is 0 Å². The number of amides is 1. The van der Waals surface area contributed by atoms with Crippen LogP contribution < -0.4 is 5.32 Å². The van der Waals surface area contributed by atoms with Gasteiger partial charge < -0.3 is 10.1 Å². The van der Waals surface area contributed by atoms with Crippen LogP contribution in [0.15, 0.2) is 12.9 Å². The highest BCUT2D eigenvalue weighted by atomic mass is 127. The molecule has 0 aliphatic heterocycles. The van der Waals surface area contributed by atoms with Crippen molar-refractivity contribution >= 4 is 46.9 Å². The zero-order valence-corrected chi connectivity index (χ0v) is 13.8. The number of hydrogen-bond donors (Lipinski definition) is 1. The van der Waals surface area contributed by atoms with Gasteiger partial charge in [0.15, 0.2) is 10.7 Å². The molecule has 1 amide bonds. The van der Waals surface area contributed by atoms with Crippen LogP contribution in [0.25, 0.3) is 0 Å². The van der Waals surface area contributed by atoms with Crippen molar-refractivity contribution in [2.75, 3.05) is 12.3 Å². The number of nitrogens with one attached hydrogen (secondary N) is 1. The summed E-state index contributed by atoms with van der Waals surface area (Å²) in [7, 11) is 0. The first-order chi connectivity index (χ1) is 8.92. The zero-order valence-electron chi connectivity index (χ0n) is 10.8. The van der Waals surface area contributed by atoms with Gasteiger partial charge in [0.2, 0.25) is 0 Å². The largest absolute Gasteiger partial charge is 0.444 e. The first-order valence-electron chi connectivity index (χ1n) is 5.49. The number of hydrogen-bond acceptors (Lipinski definition) is 7. The van der Waals surface area contributed by atoms with Crippen LogP contribution in [0, 0.1) is 0 Å². The van der Waals surface area contributed by atoms with Crippen molar-refractivity contribution in [2.24, 2.45) is 3.21 Å². The summed E-state index contributed by atoms with van der Waals surface area (Å²) >= 11 is 3.27. The molecule has 0 aliphatic rings. The van der Waals surface area contributed by atoms with E-state index in [1.165, 1.54) is 11.8 Å². The van der Waals surface area contributed by atoms with E-state index in [2.05, 4.69) is 23.5 Å². The number of rotatable bonds is 5. The fourth-order valence-corrected chi connectivity index (χ4v) is 2.01. The highest BCUT2D eigenvalue weighted by molar-refractivity contribution is 14.1. The summed E-state index contributed by atoms with van der Waals surface area (Å²) in [6.45, 7) is 5.92. The minimum Gasteiger partial charge on any atom is -0.444 e. The summed E-state index contributed by atoms with van der Waals surface area (Å²) in [6.07, 6.45) is 1.13. The van der Waals surface area contributed by atoms with Gasteiger partial charge in [-0.1, -0.05) is 11.8 Å². The molecule has 1 aromatic rings. The number of nitrogens with zero attached hydrogens (tertiary/aromatic N) is 3. The topological polar surface area (TPSA) is 89.6 Å². The van der Waals surface area contributed by atoms with Gasteiger partial charge in [-0.15, -0.1) is 0 Å². The van der Waals surface area contributed by atoms with E-state index in [1.54, 1.807) is 6.21 Å². The monoisotopic (exact) mass is 398 g/mol. The van der Waals surface area contributed by atoms with Crippen LogP contribution in [0.5, 0.6) is 0 Å². The first-order valence-corrected chi connectivity index (χ1v) is 7.44. The Bertz CT molecular complexity index is 444. The molecule has 0 saturated carbocycles. The Morgan fingerprint density at radius 1 is 1.58 bits per heavy atom. The predicted octanol–water partition coefficient (Wildman–Crippen LogP) is 2.46. The molecule has 0 radical (unpaired) electrons. The average Bonchev–Trinajstić information content (AvgIpc) is 2.70.